The Morgan fingerprint density at radius 3 is 2.16 bits per heavy atom. The fourth-order valence-corrected chi connectivity index (χ4v) is 4.77. The summed E-state index contributed by atoms with van der Waals surface area (Å²) in [5.41, 5.74) is 2.54. The minimum Gasteiger partial charge on any atom is -0.313 e. The molecule has 0 aliphatic carbocycles. The second kappa shape index (κ2) is 7.59. The Bertz CT molecular complexity index is 991. The number of thiophene rings is 1. The van der Waals surface area contributed by atoms with Crippen LogP contribution in [0.2, 0.25) is 0 Å². The number of nitrogens with zero attached hydrogens (tertiary/aromatic N) is 2. The summed E-state index contributed by atoms with van der Waals surface area (Å²) in [6, 6.07) is 25.4. The number of halogens is 2. The summed E-state index contributed by atoms with van der Waals surface area (Å²) in [5.74, 6) is 1.05. The Balaban J connectivity index is 1.74. The lowest BCUT2D eigenvalue weighted by Gasteiger charge is -2.08. The molecule has 0 amide bonds. The van der Waals surface area contributed by atoms with Crippen LogP contribution in [0.25, 0.3) is 21.1 Å². The average Bonchev–Trinajstić information content (AvgIpc) is 3.24. The summed E-state index contributed by atoms with van der Waals surface area (Å²) in [7, 11) is 0. The molecule has 0 bridgehead atoms. The topological polar surface area (TPSA) is 17.8 Å². The molecule has 5 heteroatoms. The number of hydrogen-bond donors (Lipinski definition) is 0. The summed E-state index contributed by atoms with van der Waals surface area (Å²) >= 11 is 6.51. The number of imidazole rings is 1. The van der Waals surface area contributed by atoms with E-state index in [9.17, 15) is 0 Å². The van der Waals surface area contributed by atoms with Gasteiger partial charge >= 0.3 is 0 Å². The van der Waals surface area contributed by atoms with Gasteiger partial charge in [-0.3, -0.25) is 0 Å². The molecule has 0 fully saturated rings. The van der Waals surface area contributed by atoms with E-state index in [0.29, 0.717) is 0 Å². The minimum atomic E-state index is 0.836. The molecule has 0 aliphatic rings. The van der Waals surface area contributed by atoms with Crippen LogP contribution in [0.15, 0.2) is 72.8 Å². The smallest absolute Gasteiger partial charge is 0.152 e. The summed E-state index contributed by atoms with van der Waals surface area (Å²) < 4.78 is 4.55. The van der Waals surface area contributed by atoms with E-state index in [1.165, 1.54) is 24.6 Å². The van der Waals surface area contributed by atoms with Gasteiger partial charge in [0.2, 0.25) is 0 Å². The van der Waals surface area contributed by atoms with Crippen molar-refractivity contribution in [1.29, 1.82) is 0 Å². The zero-order chi connectivity index (χ0) is 17.2. The summed E-state index contributed by atoms with van der Waals surface area (Å²) in [6.45, 7) is 0.836. The van der Waals surface area contributed by atoms with E-state index in [0.717, 1.165) is 16.1 Å². The SMILES string of the molecule is Ic1nc(-c2ccc(-c3ccccc3)s2)n(Cc2ccccc2)c1I. The fraction of sp³-hybridized carbons (Fsp3) is 0.0500. The molecule has 2 heterocycles. The van der Waals surface area contributed by atoms with Gasteiger partial charge in [0, 0.05) is 4.88 Å². The van der Waals surface area contributed by atoms with E-state index in [1.54, 1.807) is 11.3 Å². The highest BCUT2D eigenvalue weighted by Crippen LogP contribution is 2.35. The number of aromatic nitrogens is 2. The standard InChI is InChI=1S/C20H14I2N2S/c21-18-19(22)24(13-14-7-3-1-4-8-14)20(23-18)17-12-11-16(25-17)15-9-5-2-6-10-15/h1-12H,13H2. The molecule has 0 spiro atoms. The van der Waals surface area contributed by atoms with Crippen LogP contribution in [-0.4, -0.2) is 9.55 Å². The fourth-order valence-electron chi connectivity index (χ4n) is 2.72. The van der Waals surface area contributed by atoms with Crippen LogP contribution in [0.5, 0.6) is 0 Å². The maximum Gasteiger partial charge on any atom is 0.152 e. The molecule has 4 rings (SSSR count). The average molecular weight is 568 g/mol. The van der Waals surface area contributed by atoms with Gasteiger partial charge in [-0.05, 0) is 68.4 Å². The normalized spacial score (nSPS) is 11.0. The van der Waals surface area contributed by atoms with Gasteiger partial charge in [-0.2, -0.15) is 0 Å². The van der Waals surface area contributed by atoms with Gasteiger partial charge in [0.25, 0.3) is 0 Å². The summed E-state index contributed by atoms with van der Waals surface area (Å²) in [6.07, 6.45) is 0. The minimum absolute atomic E-state index is 0.836. The first-order valence-electron chi connectivity index (χ1n) is 7.83. The highest BCUT2D eigenvalue weighted by atomic mass is 127. The third kappa shape index (κ3) is 3.68. The molecule has 4 aromatic rings. The van der Waals surface area contributed by atoms with Crippen LogP contribution in [-0.2, 0) is 6.54 Å². The Hall–Kier alpha value is -1.19. The number of rotatable bonds is 4. The molecular weight excluding hydrogens is 554 g/mol. The first-order chi connectivity index (χ1) is 12.2. The van der Waals surface area contributed by atoms with E-state index in [4.69, 9.17) is 4.98 Å². The Kier molecular flexibility index (Phi) is 5.23. The van der Waals surface area contributed by atoms with Crippen molar-refractivity contribution in [2.24, 2.45) is 0 Å². The highest BCUT2D eigenvalue weighted by molar-refractivity contribution is 14.1. The largest absolute Gasteiger partial charge is 0.313 e. The molecule has 2 aromatic carbocycles. The maximum absolute atomic E-state index is 4.84. The van der Waals surface area contributed by atoms with Crippen LogP contribution in [0.4, 0.5) is 0 Å². The van der Waals surface area contributed by atoms with E-state index in [-0.39, 0.29) is 0 Å². The molecule has 0 atom stereocenters. The molecule has 124 valence electrons. The van der Waals surface area contributed by atoms with Crippen LogP contribution < -0.4 is 0 Å². The summed E-state index contributed by atoms with van der Waals surface area (Å²) in [4.78, 5) is 7.31. The van der Waals surface area contributed by atoms with E-state index >= 15 is 0 Å². The molecular formula is C20H14I2N2S. The predicted molar refractivity (Wildman–Crippen MR) is 122 cm³/mol. The van der Waals surface area contributed by atoms with Gasteiger partial charge in [-0.1, -0.05) is 60.7 Å². The van der Waals surface area contributed by atoms with Crippen molar-refractivity contribution in [3.63, 3.8) is 0 Å². The lowest BCUT2D eigenvalue weighted by atomic mass is 10.2. The van der Waals surface area contributed by atoms with Crippen molar-refractivity contribution in [1.82, 2.24) is 9.55 Å². The lowest BCUT2D eigenvalue weighted by molar-refractivity contribution is 0.788. The first-order valence-corrected chi connectivity index (χ1v) is 10.8. The van der Waals surface area contributed by atoms with Crippen molar-refractivity contribution < 1.29 is 0 Å². The second-order valence-electron chi connectivity index (χ2n) is 5.62. The second-order valence-corrected chi connectivity index (χ2v) is 8.75. The molecule has 2 nitrogen and oxygen atoms in total. The molecule has 0 N–H and O–H groups in total. The summed E-state index contributed by atoms with van der Waals surface area (Å²) in [5, 5.41) is 0. The van der Waals surface area contributed by atoms with Gasteiger partial charge in [-0.15, -0.1) is 11.3 Å². The van der Waals surface area contributed by atoms with Gasteiger partial charge in [-0.25, -0.2) is 4.98 Å². The van der Waals surface area contributed by atoms with Crippen molar-refractivity contribution >= 4 is 56.5 Å². The highest BCUT2D eigenvalue weighted by Gasteiger charge is 2.17. The van der Waals surface area contributed by atoms with Crippen molar-refractivity contribution in [3.05, 3.63) is 85.8 Å². The molecule has 0 saturated heterocycles. The number of benzene rings is 2. The van der Waals surface area contributed by atoms with Crippen molar-refractivity contribution in [3.8, 4) is 21.1 Å². The van der Waals surface area contributed by atoms with Crippen LogP contribution in [0.1, 0.15) is 5.56 Å². The van der Waals surface area contributed by atoms with E-state index < -0.39 is 0 Å². The third-order valence-corrected chi connectivity index (χ3v) is 7.94. The third-order valence-electron chi connectivity index (χ3n) is 3.94. The first kappa shape index (κ1) is 17.2. The monoisotopic (exact) mass is 568 g/mol. The van der Waals surface area contributed by atoms with Gasteiger partial charge in [0.15, 0.2) is 5.82 Å². The Labute approximate surface area is 178 Å². The predicted octanol–water partition coefficient (Wildman–Crippen LogP) is 6.54. The van der Waals surface area contributed by atoms with Gasteiger partial charge < -0.3 is 4.57 Å². The van der Waals surface area contributed by atoms with Crippen molar-refractivity contribution in [2.75, 3.05) is 0 Å². The molecule has 0 aliphatic heterocycles. The Morgan fingerprint density at radius 1 is 0.800 bits per heavy atom. The van der Waals surface area contributed by atoms with Crippen LogP contribution in [0.3, 0.4) is 0 Å². The van der Waals surface area contributed by atoms with Crippen LogP contribution >= 0.6 is 56.5 Å². The zero-order valence-electron chi connectivity index (χ0n) is 13.2. The maximum atomic E-state index is 4.84. The van der Waals surface area contributed by atoms with E-state index in [2.05, 4.69) is 123 Å². The van der Waals surface area contributed by atoms with Crippen LogP contribution in [0, 0.1) is 7.40 Å². The van der Waals surface area contributed by atoms with E-state index in [1.807, 2.05) is 0 Å². The molecule has 0 radical (unpaired) electrons. The quantitative estimate of drug-likeness (QED) is 0.256. The van der Waals surface area contributed by atoms with Gasteiger partial charge in [0.1, 0.15) is 7.40 Å². The molecule has 0 unspecified atom stereocenters. The number of hydrogen-bond acceptors (Lipinski definition) is 2. The van der Waals surface area contributed by atoms with Crippen molar-refractivity contribution in [2.45, 2.75) is 6.54 Å². The molecule has 2 aromatic heterocycles. The van der Waals surface area contributed by atoms with Gasteiger partial charge in [0.05, 0.1) is 11.4 Å². The Morgan fingerprint density at radius 2 is 1.44 bits per heavy atom. The zero-order valence-corrected chi connectivity index (χ0v) is 18.3. The molecule has 0 saturated carbocycles. The molecule has 25 heavy (non-hydrogen) atoms. The lowest BCUT2D eigenvalue weighted by Crippen LogP contribution is -2.03.